The number of nitrogens with zero attached hydrogens (tertiary/aromatic N) is 1. The highest BCUT2D eigenvalue weighted by Crippen LogP contribution is 2.35. The lowest BCUT2D eigenvalue weighted by Crippen LogP contribution is -2.00. The molecule has 0 spiro atoms. The molecule has 0 saturated heterocycles. The van der Waals surface area contributed by atoms with E-state index in [1.807, 2.05) is 36.4 Å². The molecule has 3 rings (SSSR count). The SMILES string of the molecule is COc1cc(C=C(C#N)c2cccc(F)c2)cc(I)c1OCc1ccccc1. The number of methoxy groups -OCH3 is 1. The maximum Gasteiger partial charge on any atom is 0.174 e. The molecule has 0 aliphatic carbocycles. The van der Waals surface area contributed by atoms with Crippen LogP contribution in [0.4, 0.5) is 4.39 Å². The first kappa shape index (κ1) is 19.9. The van der Waals surface area contributed by atoms with Crippen molar-refractivity contribution in [2.24, 2.45) is 0 Å². The Labute approximate surface area is 177 Å². The second-order valence-corrected chi connectivity index (χ2v) is 7.15. The molecule has 0 amide bonds. The van der Waals surface area contributed by atoms with E-state index >= 15 is 0 Å². The zero-order valence-corrected chi connectivity index (χ0v) is 17.3. The number of hydrogen-bond donors (Lipinski definition) is 0. The van der Waals surface area contributed by atoms with Crippen LogP contribution in [0.2, 0.25) is 0 Å². The van der Waals surface area contributed by atoms with Crippen LogP contribution >= 0.6 is 22.6 Å². The predicted molar refractivity (Wildman–Crippen MR) is 116 cm³/mol. The summed E-state index contributed by atoms with van der Waals surface area (Å²) in [7, 11) is 1.58. The van der Waals surface area contributed by atoms with Crippen molar-refractivity contribution in [1.82, 2.24) is 0 Å². The Hall–Kier alpha value is -2.85. The first-order valence-corrected chi connectivity index (χ1v) is 9.60. The Balaban J connectivity index is 1.91. The van der Waals surface area contributed by atoms with Gasteiger partial charge in [-0.3, -0.25) is 0 Å². The number of benzene rings is 3. The Kier molecular flexibility index (Phi) is 6.66. The molecule has 3 nitrogen and oxygen atoms in total. The van der Waals surface area contributed by atoms with Gasteiger partial charge in [0.25, 0.3) is 0 Å². The van der Waals surface area contributed by atoms with Crippen molar-refractivity contribution in [3.63, 3.8) is 0 Å². The largest absolute Gasteiger partial charge is 0.493 e. The molecule has 0 N–H and O–H groups in total. The molecule has 0 unspecified atom stereocenters. The van der Waals surface area contributed by atoms with Crippen molar-refractivity contribution >= 4 is 34.2 Å². The van der Waals surface area contributed by atoms with Crippen LogP contribution in [0.1, 0.15) is 16.7 Å². The Morgan fingerprint density at radius 1 is 1.11 bits per heavy atom. The molecule has 0 fully saturated rings. The number of ether oxygens (including phenoxy) is 2. The first-order chi connectivity index (χ1) is 13.6. The summed E-state index contributed by atoms with van der Waals surface area (Å²) in [5, 5.41) is 9.49. The predicted octanol–water partition coefficient (Wildman–Crippen LogP) is 6.08. The van der Waals surface area contributed by atoms with E-state index in [4.69, 9.17) is 9.47 Å². The van der Waals surface area contributed by atoms with Gasteiger partial charge in [0.05, 0.1) is 22.3 Å². The molecule has 0 atom stereocenters. The molecule has 3 aromatic carbocycles. The Morgan fingerprint density at radius 2 is 1.89 bits per heavy atom. The van der Waals surface area contributed by atoms with Crippen LogP contribution in [0.15, 0.2) is 66.7 Å². The number of rotatable bonds is 6. The van der Waals surface area contributed by atoms with Crippen molar-refractivity contribution in [1.29, 1.82) is 5.26 Å². The zero-order chi connectivity index (χ0) is 19.9. The lowest BCUT2D eigenvalue weighted by atomic mass is 10.0. The van der Waals surface area contributed by atoms with Crippen LogP contribution in [-0.4, -0.2) is 7.11 Å². The molecular weight excluding hydrogens is 468 g/mol. The summed E-state index contributed by atoms with van der Waals surface area (Å²) in [5.74, 6) is 0.842. The fraction of sp³-hybridized carbons (Fsp3) is 0.0870. The molecule has 0 saturated carbocycles. The van der Waals surface area contributed by atoms with E-state index in [1.165, 1.54) is 12.1 Å². The summed E-state index contributed by atoms with van der Waals surface area (Å²) < 4.78 is 25.8. The molecule has 0 aliphatic rings. The minimum absolute atomic E-state index is 0.371. The molecule has 0 radical (unpaired) electrons. The van der Waals surface area contributed by atoms with Gasteiger partial charge in [-0.25, -0.2) is 4.39 Å². The third kappa shape index (κ3) is 4.90. The number of allylic oxidation sites excluding steroid dienone is 1. The van der Waals surface area contributed by atoms with Crippen LogP contribution in [0.3, 0.4) is 0 Å². The normalized spacial score (nSPS) is 11.0. The smallest absolute Gasteiger partial charge is 0.174 e. The highest BCUT2D eigenvalue weighted by molar-refractivity contribution is 14.1. The lowest BCUT2D eigenvalue weighted by Gasteiger charge is -2.14. The summed E-state index contributed by atoms with van der Waals surface area (Å²) >= 11 is 2.18. The van der Waals surface area contributed by atoms with E-state index in [0.29, 0.717) is 29.2 Å². The second-order valence-electron chi connectivity index (χ2n) is 5.99. The van der Waals surface area contributed by atoms with Gasteiger partial charge in [-0.1, -0.05) is 42.5 Å². The van der Waals surface area contributed by atoms with Crippen molar-refractivity contribution < 1.29 is 13.9 Å². The van der Waals surface area contributed by atoms with Crippen molar-refractivity contribution in [2.45, 2.75) is 6.61 Å². The molecule has 5 heteroatoms. The molecule has 28 heavy (non-hydrogen) atoms. The minimum atomic E-state index is -0.379. The van der Waals surface area contributed by atoms with Gasteiger partial charge in [0.1, 0.15) is 12.4 Å². The zero-order valence-electron chi connectivity index (χ0n) is 15.2. The van der Waals surface area contributed by atoms with Gasteiger partial charge in [-0.2, -0.15) is 5.26 Å². The minimum Gasteiger partial charge on any atom is -0.493 e. The van der Waals surface area contributed by atoms with E-state index in [-0.39, 0.29) is 5.82 Å². The maximum absolute atomic E-state index is 13.5. The maximum atomic E-state index is 13.5. The Bertz CT molecular complexity index is 1040. The van der Waals surface area contributed by atoms with Gasteiger partial charge < -0.3 is 9.47 Å². The quantitative estimate of drug-likeness (QED) is 0.242. The number of hydrogen-bond acceptors (Lipinski definition) is 3. The summed E-state index contributed by atoms with van der Waals surface area (Å²) in [5.41, 5.74) is 2.73. The molecule has 0 aromatic heterocycles. The van der Waals surface area contributed by atoms with Crippen molar-refractivity contribution in [3.8, 4) is 17.6 Å². The van der Waals surface area contributed by atoms with Gasteiger partial charge in [-0.15, -0.1) is 0 Å². The molecule has 0 aliphatic heterocycles. The molecular formula is C23H17FINO2. The van der Waals surface area contributed by atoms with Crippen LogP contribution in [-0.2, 0) is 6.61 Å². The van der Waals surface area contributed by atoms with Crippen LogP contribution < -0.4 is 9.47 Å². The molecule has 0 bridgehead atoms. The first-order valence-electron chi connectivity index (χ1n) is 8.52. The van der Waals surface area contributed by atoms with Gasteiger partial charge >= 0.3 is 0 Å². The topological polar surface area (TPSA) is 42.2 Å². The van der Waals surface area contributed by atoms with Crippen LogP contribution in [0.25, 0.3) is 11.6 Å². The van der Waals surface area contributed by atoms with E-state index in [9.17, 15) is 9.65 Å². The van der Waals surface area contributed by atoms with E-state index in [1.54, 1.807) is 31.4 Å². The molecule has 0 heterocycles. The van der Waals surface area contributed by atoms with Crippen LogP contribution in [0.5, 0.6) is 11.5 Å². The highest BCUT2D eigenvalue weighted by atomic mass is 127. The summed E-state index contributed by atoms with van der Waals surface area (Å²) in [4.78, 5) is 0. The van der Waals surface area contributed by atoms with Gasteiger partial charge in [-0.05, 0) is 69.6 Å². The molecule has 3 aromatic rings. The fourth-order valence-corrected chi connectivity index (χ4v) is 3.48. The van der Waals surface area contributed by atoms with Gasteiger partial charge in [0.15, 0.2) is 11.5 Å². The summed E-state index contributed by atoms with van der Waals surface area (Å²) in [6, 6.07) is 21.7. The van der Waals surface area contributed by atoms with Gasteiger partial charge in [0, 0.05) is 0 Å². The number of halogens is 2. The third-order valence-electron chi connectivity index (χ3n) is 4.04. The average molecular weight is 485 g/mol. The summed E-state index contributed by atoms with van der Waals surface area (Å²) in [6.07, 6.45) is 1.71. The van der Waals surface area contributed by atoms with Gasteiger partial charge in [0.2, 0.25) is 0 Å². The lowest BCUT2D eigenvalue weighted by molar-refractivity contribution is 0.282. The van der Waals surface area contributed by atoms with Crippen molar-refractivity contribution in [2.75, 3.05) is 7.11 Å². The third-order valence-corrected chi connectivity index (χ3v) is 4.85. The Morgan fingerprint density at radius 3 is 2.57 bits per heavy atom. The van der Waals surface area contributed by atoms with Crippen molar-refractivity contribution in [3.05, 3.63) is 92.8 Å². The van der Waals surface area contributed by atoms with Crippen LogP contribution in [0, 0.1) is 20.7 Å². The standard InChI is InChI=1S/C23H17FINO2/c1-27-22-12-17(10-19(14-26)18-8-5-9-20(24)13-18)11-21(25)23(22)28-15-16-6-3-2-4-7-16/h2-13H,15H2,1H3. The van der Waals surface area contributed by atoms with E-state index < -0.39 is 0 Å². The monoisotopic (exact) mass is 485 g/mol. The number of nitriles is 1. The molecule has 140 valence electrons. The summed E-state index contributed by atoms with van der Waals surface area (Å²) in [6.45, 7) is 0.426. The second kappa shape index (κ2) is 9.38. The highest BCUT2D eigenvalue weighted by Gasteiger charge is 2.12. The fourth-order valence-electron chi connectivity index (χ4n) is 2.70. The van der Waals surface area contributed by atoms with E-state index in [2.05, 4.69) is 28.7 Å². The average Bonchev–Trinajstić information content (AvgIpc) is 2.71. The van der Waals surface area contributed by atoms with E-state index in [0.717, 1.165) is 14.7 Å².